The van der Waals surface area contributed by atoms with Gasteiger partial charge in [0.15, 0.2) is 0 Å². The standard InChI is InChI=1S/C18H22N4O2.2ClH/c19-9-5-11-21-18(24)16(12-14-6-4-10-20-13-14)22-17(23)15-7-2-1-3-8-15;;/h1-4,6-8,10,13,16H,5,9,11-12,19H2,(H,21,24)(H,22,23);2*1H. The molecular weight excluding hydrogens is 375 g/mol. The third-order valence-electron chi connectivity index (χ3n) is 3.50. The van der Waals surface area contributed by atoms with Crippen LogP contribution in [0.4, 0.5) is 0 Å². The number of carbonyl (C=O) groups excluding carboxylic acids is 2. The van der Waals surface area contributed by atoms with Crippen molar-refractivity contribution >= 4 is 36.6 Å². The van der Waals surface area contributed by atoms with Gasteiger partial charge in [0.1, 0.15) is 6.04 Å². The van der Waals surface area contributed by atoms with E-state index in [0.717, 1.165) is 5.56 Å². The number of aromatic nitrogens is 1. The van der Waals surface area contributed by atoms with Crippen molar-refractivity contribution in [1.82, 2.24) is 15.6 Å². The molecule has 0 saturated heterocycles. The number of nitrogens with zero attached hydrogens (tertiary/aromatic N) is 1. The van der Waals surface area contributed by atoms with Crippen LogP contribution in [0.15, 0.2) is 54.9 Å². The Bertz CT molecular complexity index is 657. The van der Waals surface area contributed by atoms with Crippen molar-refractivity contribution in [2.45, 2.75) is 18.9 Å². The van der Waals surface area contributed by atoms with Crippen molar-refractivity contribution in [3.63, 3.8) is 0 Å². The summed E-state index contributed by atoms with van der Waals surface area (Å²) in [4.78, 5) is 28.8. The molecule has 0 aliphatic carbocycles. The van der Waals surface area contributed by atoms with E-state index in [0.29, 0.717) is 31.5 Å². The average Bonchev–Trinajstić information content (AvgIpc) is 2.63. The maximum Gasteiger partial charge on any atom is 0.251 e. The van der Waals surface area contributed by atoms with Crippen LogP contribution in [0.2, 0.25) is 0 Å². The van der Waals surface area contributed by atoms with E-state index in [1.54, 1.807) is 42.7 Å². The number of amides is 2. The Morgan fingerprint density at radius 2 is 1.81 bits per heavy atom. The second-order valence-electron chi connectivity index (χ2n) is 5.39. The summed E-state index contributed by atoms with van der Waals surface area (Å²) in [6, 6.07) is 11.8. The smallest absolute Gasteiger partial charge is 0.251 e. The molecule has 1 unspecified atom stereocenters. The Morgan fingerprint density at radius 1 is 1.08 bits per heavy atom. The molecular formula is C18H24Cl2N4O2. The first kappa shape index (κ1) is 23.9. The van der Waals surface area contributed by atoms with Gasteiger partial charge in [0.05, 0.1) is 0 Å². The molecule has 8 heteroatoms. The molecule has 2 amide bonds. The van der Waals surface area contributed by atoms with E-state index in [9.17, 15) is 9.59 Å². The molecule has 1 atom stereocenters. The highest BCUT2D eigenvalue weighted by molar-refractivity contribution is 5.97. The Kier molecular flexibility index (Phi) is 12.0. The molecule has 4 N–H and O–H groups in total. The van der Waals surface area contributed by atoms with Gasteiger partial charge in [-0.1, -0.05) is 24.3 Å². The highest BCUT2D eigenvalue weighted by Gasteiger charge is 2.21. The molecule has 0 spiro atoms. The molecule has 0 aliphatic heterocycles. The number of rotatable bonds is 8. The zero-order valence-electron chi connectivity index (χ0n) is 14.3. The second-order valence-corrected chi connectivity index (χ2v) is 5.39. The first-order chi connectivity index (χ1) is 11.7. The van der Waals surface area contributed by atoms with Crippen LogP contribution in [0.3, 0.4) is 0 Å². The van der Waals surface area contributed by atoms with Gasteiger partial charge in [0.2, 0.25) is 5.91 Å². The topological polar surface area (TPSA) is 97.1 Å². The van der Waals surface area contributed by atoms with Crippen LogP contribution in [-0.2, 0) is 11.2 Å². The Balaban J connectivity index is 0.00000312. The van der Waals surface area contributed by atoms with Crippen LogP contribution in [-0.4, -0.2) is 35.9 Å². The molecule has 2 rings (SSSR count). The van der Waals surface area contributed by atoms with E-state index >= 15 is 0 Å². The third-order valence-corrected chi connectivity index (χ3v) is 3.50. The van der Waals surface area contributed by atoms with Crippen LogP contribution < -0.4 is 16.4 Å². The summed E-state index contributed by atoms with van der Waals surface area (Å²) >= 11 is 0. The van der Waals surface area contributed by atoms with Gasteiger partial charge in [-0.25, -0.2) is 0 Å². The summed E-state index contributed by atoms with van der Waals surface area (Å²) in [5, 5.41) is 5.61. The summed E-state index contributed by atoms with van der Waals surface area (Å²) in [6.07, 6.45) is 4.43. The van der Waals surface area contributed by atoms with Gasteiger partial charge in [0.25, 0.3) is 5.91 Å². The van der Waals surface area contributed by atoms with E-state index in [1.165, 1.54) is 0 Å². The van der Waals surface area contributed by atoms with E-state index in [1.807, 2.05) is 12.1 Å². The predicted molar refractivity (Wildman–Crippen MR) is 107 cm³/mol. The number of halogens is 2. The van der Waals surface area contributed by atoms with Crippen molar-refractivity contribution in [2.24, 2.45) is 5.73 Å². The van der Waals surface area contributed by atoms with Crippen LogP contribution in [0.25, 0.3) is 0 Å². The van der Waals surface area contributed by atoms with Gasteiger partial charge in [-0.05, 0) is 36.7 Å². The molecule has 0 radical (unpaired) electrons. The summed E-state index contributed by atoms with van der Waals surface area (Å²) < 4.78 is 0. The maximum absolute atomic E-state index is 12.4. The molecule has 0 aliphatic rings. The van der Waals surface area contributed by atoms with Gasteiger partial charge in [-0.3, -0.25) is 14.6 Å². The van der Waals surface area contributed by atoms with Crippen molar-refractivity contribution < 1.29 is 9.59 Å². The molecule has 142 valence electrons. The monoisotopic (exact) mass is 398 g/mol. The van der Waals surface area contributed by atoms with Crippen LogP contribution >= 0.6 is 24.8 Å². The van der Waals surface area contributed by atoms with Gasteiger partial charge in [0, 0.05) is 30.9 Å². The molecule has 26 heavy (non-hydrogen) atoms. The molecule has 6 nitrogen and oxygen atoms in total. The van der Waals surface area contributed by atoms with E-state index in [4.69, 9.17) is 5.73 Å². The quantitative estimate of drug-likeness (QED) is 0.589. The third kappa shape index (κ3) is 7.82. The Hall–Kier alpha value is -2.15. The van der Waals surface area contributed by atoms with Crippen molar-refractivity contribution in [3.05, 3.63) is 66.0 Å². The molecule has 1 aromatic carbocycles. The highest BCUT2D eigenvalue weighted by atomic mass is 35.5. The van der Waals surface area contributed by atoms with Gasteiger partial charge in [-0.2, -0.15) is 0 Å². The lowest BCUT2D eigenvalue weighted by molar-refractivity contribution is -0.122. The van der Waals surface area contributed by atoms with Crippen LogP contribution in [0.5, 0.6) is 0 Å². The molecule has 0 saturated carbocycles. The van der Waals surface area contributed by atoms with Gasteiger partial charge >= 0.3 is 0 Å². The maximum atomic E-state index is 12.4. The zero-order valence-corrected chi connectivity index (χ0v) is 15.9. The number of nitrogens with one attached hydrogen (secondary N) is 2. The number of benzene rings is 1. The highest BCUT2D eigenvalue weighted by Crippen LogP contribution is 2.04. The first-order valence-electron chi connectivity index (χ1n) is 7.93. The van der Waals surface area contributed by atoms with Crippen LogP contribution in [0, 0.1) is 0 Å². The molecule has 2 aromatic rings. The zero-order chi connectivity index (χ0) is 17.2. The summed E-state index contributed by atoms with van der Waals surface area (Å²) in [5.74, 6) is -0.505. The fourth-order valence-electron chi connectivity index (χ4n) is 2.23. The van der Waals surface area contributed by atoms with E-state index in [-0.39, 0.29) is 36.6 Å². The number of nitrogens with two attached hydrogens (primary N) is 1. The minimum atomic E-state index is -0.667. The first-order valence-corrected chi connectivity index (χ1v) is 7.93. The Labute approximate surface area is 165 Å². The van der Waals surface area contributed by atoms with Gasteiger partial charge < -0.3 is 16.4 Å². The fourth-order valence-corrected chi connectivity index (χ4v) is 2.23. The van der Waals surface area contributed by atoms with E-state index < -0.39 is 6.04 Å². The summed E-state index contributed by atoms with van der Waals surface area (Å²) in [5.41, 5.74) is 6.84. The molecule has 0 fully saturated rings. The molecule has 0 bridgehead atoms. The number of pyridine rings is 1. The molecule has 1 aromatic heterocycles. The number of carbonyl (C=O) groups is 2. The largest absolute Gasteiger partial charge is 0.354 e. The van der Waals surface area contributed by atoms with Crippen molar-refractivity contribution in [1.29, 1.82) is 0 Å². The average molecular weight is 399 g/mol. The van der Waals surface area contributed by atoms with Gasteiger partial charge in [-0.15, -0.1) is 24.8 Å². The minimum Gasteiger partial charge on any atom is -0.354 e. The lowest BCUT2D eigenvalue weighted by Crippen LogP contribution is -2.48. The molecule has 1 heterocycles. The lowest BCUT2D eigenvalue weighted by Gasteiger charge is -2.18. The fraction of sp³-hybridized carbons (Fsp3) is 0.278. The second kappa shape index (κ2) is 13.1. The Morgan fingerprint density at radius 3 is 2.42 bits per heavy atom. The SMILES string of the molecule is Cl.Cl.NCCCNC(=O)C(Cc1cccnc1)NC(=O)c1ccccc1. The lowest BCUT2D eigenvalue weighted by atomic mass is 10.1. The normalized spacial score (nSPS) is 10.7. The minimum absolute atomic E-state index is 0. The predicted octanol–water partition coefficient (Wildman–Crippen LogP) is 1.73. The van der Waals surface area contributed by atoms with Crippen molar-refractivity contribution in [2.75, 3.05) is 13.1 Å². The number of hydrogen-bond donors (Lipinski definition) is 3. The van der Waals surface area contributed by atoms with Crippen molar-refractivity contribution in [3.8, 4) is 0 Å². The summed E-state index contributed by atoms with van der Waals surface area (Å²) in [6.45, 7) is 0.990. The summed E-state index contributed by atoms with van der Waals surface area (Å²) in [7, 11) is 0. The number of hydrogen-bond acceptors (Lipinski definition) is 4. The van der Waals surface area contributed by atoms with Crippen LogP contribution in [0.1, 0.15) is 22.3 Å². The van der Waals surface area contributed by atoms with E-state index in [2.05, 4.69) is 15.6 Å².